The van der Waals surface area contributed by atoms with Crippen LogP contribution in [-0.4, -0.2) is 20.7 Å². The fraction of sp³-hybridized carbons (Fsp3) is 0.133. The van der Waals surface area contributed by atoms with Gasteiger partial charge in [0, 0.05) is 23.3 Å². The Labute approximate surface area is 214 Å². The Hall–Kier alpha value is -4.78. The molecule has 0 fully saturated rings. The molecule has 37 heavy (non-hydrogen) atoms. The highest BCUT2D eigenvalue weighted by atomic mass is 16.5. The van der Waals surface area contributed by atoms with Crippen LogP contribution in [0.25, 0.3) is 10.8 Å². The topological polar surface area (TPSA) is 86.1 Å². The van der Waals surface area contributed by atoms with Crippen LogP contribution in [0.2, 0.25) is 0 Å². The van der Waals surface area contributed by atoms with E-state index in [-0.39, 0.29) is 29.7 Å². The highest BCUT2D eigenvalue weighted by molar-refractivity contribution is 6.04. The molecule has 1 amide bonds. The second kappa shape index (κ2) is 10.9. The van der Waals surface area contributed by atoms with Crippen molar-refractivity contribution in [3.05, 3.63) is 136 Å². The lowest BCUT2D eigenvalue weighted by atomic mass is 10.1. The van der Waals surface area contributed by atoms with Gasteiger partial charge in [-0.05, 0) is 42.3 Å². The molecule has 0 radical (unpaired) electrons. The van der Waals surface area contributed by atoms with E-state index in [1.165, 1.54) is 4.68 Å². The number of benzene rings is 3. The van der Waals surface area contributed by atoms with Crippen LogP contribution >= 0.6 is 0 Å². The van der Waals surface area contributed by atoms with Gasteiger partial charge in [-0.15, -0.1) is 0 Å². The van der Waals surface area contributed by atoms with Crippen molar-refractivity contribution in [1.29, 1.82) is 0 Å². The zero-order valence-electron chi connectivity index (χ0n) is 20.4. The molecule has 184 valence electrons. The van der Waals surface area contributed by atoms with Crippen molar-refractivity contribution in [3.63, 3.8) is 0 Å². The van der Waals surface area contributed by atoms with E-state index in [0.29, 0.717) is 17.4 Å². The number of carbonyl (C=O) groups excluding carboxylic acids is 1. The summed E-state index contributed by atoms with van der Waals surface area (Å²) in [7, 11) is 0. The number of rotatable bonds is 8. The second-order valence-electron chi connectivity index (χ2n) is 8.76. The molecule has 1 N–H and O–H groups in total. The Morgan fingerprint density at radius 3 is 2.32 bits per heavy atom. The van der Waals surface area contributed by atoms with E-state index in [2.05, 4.69) is 15.4 Å². The Bertz CT molecular complexity index is 1570. The Morgan fingerprint density at radius 1 is 0.892 bits per heavy atom. The minimum Gasteiger partial charge on any atom is -0.489 e. The van der Waals surface area contributed by atoms with Gasteiger partial charge in [0.2, 0.25) is 0 Å². The molecule has 2 heterocycles. The Balaban J connectivity index is 1.34. The summed E-state index contributed by atoms with van der Waals surface area (Å²) >= 11 is 0. The number of ether oxygens (including phenoxy) is 1. The Morgan fingerprint density at radius 2 is 1.59 bits per heavy atom. The molecule has 2 aromatic heterocycles. The lowest BCUT2D eigenvalue weighted by Crippen LogP contribution is -2.32. The lowest BCUT2D eigenvalue weighted by molar-refractivity contribution is 0.0934. The molecule has 5 rings (SSSR count). The maximum atomic E-state index is 13.4. The molecule has 5 aromatic rings. The smallest absolute Gasteiger partial charge is 0.274 e. The fourth-order valence-electron chi connectivity index (χ4n) is 4.12. The van der Waals surface area contributed by atoms with Crippen LogP contribution in [0, 0.1) is 0 Å². The van der Waals surface area contributed by atoms with E-state index >= 15 is 0 Å². The molecular formula is C30H26N4O3. The first-order chi connectivity index (χ1) is 18.1. The average Bonchev–Trinajstić information content (AvgIpc) is 2.95. The first-order valence-electron chi connectivity index (χ1n) is 12.0. The van der Waals surface area contributed by atoms with Crippen LogP contribution in [0.1, 0.15) is 40.1 Å². The predicted molar refractivity (Wildman–Crippen MR) is 142 cm³/mol. The van der Waals surface area contributed by atoms with Crippen LogP contribution in [0.3, 0.4) is 0 Å². The second-order valence-corrected chi connectivity index (χ2v) is 8.76. The summed E-state index contributed by atoms with van der Waals surface area (Å²) in [6.45, 7) is 2.61. The van der Waals surface area contributed by atoms with Gasteiger partial charge in [-0.1, -0.05) is 66.7 Å². The van der Waals surface area contributed by atoms with Crippen molar-refractivity contribution in [2.24, 2.45) is 0 Å². The molecule has 7 nitrogen and oxygen atoms in total. The van der Waals surface area contributed by atoms with E-state index < -0.39 is 0 Å². The van der Waals surface area contributed by atoms with Crippen molar-refractivity contribution >= 4 is 16.7 Å². The first kappa shape index (κ1) is 23.9. The largest absolute Gasteiger partial charge is 0.489 e. The van der Waals surface area contributed by atoms with Crippen LogP contribution in [0.5, 0.6) is 5.75 Å². The Kier molecular flexibility index (Phi) is 7.03. The molecule has 0 saturated carbocycles. The molecule has 7 heteroatoms. The van der Waals surface area contributed by atoms with Crippen LogP contribution in [0.15, 0.2) is 108 Å². The van der Waals surface area contributed by atoms with Crippen LogP contribution in [0.4, 0.5) is 0 Å². The number of amides is 1. The third-order valence-electron chi connectivity index (χ3n) is 6.11. The summed E-state index contributed by atoms with van der Waals surface area (Å²) < 4.78 is 7.18. The van der Waals surface area contributed by atoms with E-state index in [0.717, 1.165) is 22.4 Å². The maximum Gasteiger partial charge on any atom is 0.274 e. The van der Waals surface area contributed by atoms with Crippen molar-refractivity contribution in [2.45, 2.75) is 26.1 Å². The summed E-state index contributed by atoms with van der Waals surface area (Å²) in [5, 5.41) is 8.49. The van der Waals surface area contributed by atoms with Gasteiger partial charge < -0.3 is 10.1 Å². The number of hydrogen-bond acceptors (Lipinski definition) is 5. The van der Waals surface area contributed by atoms with Gasteiger partial charge in [0.05, 0.1) is 18.0 Å². The summed E-state index contributed by atoms with van der Waals surface area (Å²) in [6.07, 6.45) is 3.50. The molecule has 1 atom stereocenters. The fourth-order valence-corrected chi connectivity index (χ4v) is 4.12. The molecule has 0 aliphatic heterocycles. The quantitative estimate of drug-likeness (QED) is 0.334. The molecule has 3 aromatic carbocycles. The molecule has 1 unspecified atom stereocenters. The average molecular weight is 491 g/mol. The van der Waals surface area contributed by atoms with Crippen molar-refractivity contribution in [1.82, 2.24) is 20.1 Å². The zero-order valence-corrected chi connectivity index (χ0v) is 20.4. The third-order valence-corrected chi connectivity index (χ3v) is 6.11. The monoisotopic (exact) mass is 490 g/mol. The molecule has 0 bridgehead atoms. The number of hydrogen-bond donors (Lipinski definition) is 1. The zero-order chi connectivity index (χ0) is 25.6. The summed E-state index contributed by atoms with van der Waals surface area (Å²) in [6, 6.07) is 27.8. The number of pyridine rings is 1. The van der Waals surface area contributed by atoms with Gasteiger partial charge >= 0.3 is 0 Å². The van der Waals surface area contributed by atoms with Crippen LogP contribution in [-0.2, 0) is 13.2 Å². The minimum atomic E-state index is -0.345. The SMILES string of the molecule is CC(NC(=O)c1nn(Cc2ccccc2)c(=O)c2ccccc12)c1ccc(OCc2cccnc2)cc1. The number of nitrogens with one attached hydrogen (secondary N) is 1. The van der Waals surface area contributed by atoms with E-state index in [1.54, 1.807) is 36.7 Å². The van der Waals surface area contributed by atoms with E-state index in [9.17, 15) is 9.59 Å². The lowest BCUT2D eigenvalue weighted by Gasteiger charge is -2.16. The molecule has 0 aliphatic carbocycles. The number of aromatic nitrogens is 3. The normalized spacial score (nSPS) is 11.7. The molecule has 0 saturated heterocycles. The summed E-state index contributed by atoms with van der Waals surface area (Å²) in [4.78, 5) is 30.5. The van der Waals surface area contributed by atoms with Crippen molar-refractivity contribution in [2.75, 3.05) is 0 Å². The van der Waals surface area contributed by atoms with Gasteiger partial charge in [-0.25, -0.2) is 4.68 Å². The highest BCUT2D eigenvalue weighted by Gasteiger charge is 2.19. The van der Waals surface area contributed by atoms with Gasteiger partial charge in [0.25, 0.3) is 11.5 Å². The molecule has 0 aliphatic rings. The summed E-state index contributed by atoms with van der Waals surface area (Å²) in [5.74, 6) is 0.384. The number of nitrogens with zero attached hydrogens (tertiary/aromatic N) is 3. The number of fused-ring (bicyclic) bond motifs is 1. The number of carbonyl (C=O) groups is 1. The van der Waals surface area contributed by atoms with Gasteiger partial charge in [0.15, 0.2) is 5.69 Å². The van der Waals surface area contributed by atoms with Crippen molar-refractivity contribution < 1.29 is 9.53 Å². The van der Waals surface area contributed by atoms with E-state index in [1.807, 2.05) is 73.7 Å². The highest BCUT2D eigenvalue weighted by Crippen LogP contribution is 2.20. The molecule has 0 spiro atoms. The minimum absolute atomic E-state index is 0.217. The first-order valence-corrected chi connectivity index (χ1v) is 12.0. The maximum absolute atomic E-state index is 13.4. The van der Waals surface area contributed by atoms with Gasteiger partial charge in [-0.3, -0.25) is 14.6 Å². The predicted octanol–water partition coefficient (Wildman–Crippen LogP) is 4.91. The third kappa shape index (κ3) is 5.56. The molecular weight excluding hydrogens is 464 g/mol. The summed E-state index contributed by atoms with van der Waals surface area (Å²) in [5.41, 5.74) is 2.82. The van der Waals surface area contributed by atoms with Crippen LogP contribution < -0.4 is 15.6 Å². The van der Waals surface area contributed by atoms with E-state index in [4.69, 9.17) is 4.74 Å². The van der Waals surface area contributed by atoms with Gasteiger partial charge in [0.1, 0.15) is 12.4 Å². The van der Waals surface area contributed by atoms with Gasteiger partial charge in [-0.2, -0.15) is 5.10 Å². The standard InChI is InChI=1S/C30H26N4O3/c1-21(24-13-15-25(16-14-24)37-20-23-10-7-17-31-18-23)32-29(35)28-26-11-5-6-12-27(26)30(36)34(33-28)19-22-8-3-2-4-9-22/h2-18,21H,19-20H2,1H3,(H,32,35). The van der Waals surface area contributed by atoms with Crippen molar-refractivity contribution in [3.8, 4) is 5.75 Å².